The van der Waals surface area contributed by atoms with Crippen LogP contribution in [0.5, 0.6) is 5.75 Å². The molecule has 0 aliphatic carbocycles. The molecule has 146 valence electrons. The number of hydrogen-bond donors (Lipinski definition) is 1. The lowest BCUT2D eigenvalue weighted by atomic mass is 9.92. The van der Waals surface area contributed by atoms with Crippen LogP contribution in [0.25, 0.3) is 0 Å². The highest BCUT2D eigenvalue weighted by molar-refractivity contribution is 5.83. The molecular weight excluding hydrogens is 346 g/mol. The Morgan fingerprint density at radius 1 is 1.37 bits per heavy atom. The number of ether oxygens (including phenoxy) is 2. The highest BCUT2D eigenvalue weighted by atomic mass is 16.6. The number of carbonyl (C=O) groups excluding carboxylic acids is 2. The first-order chi connectivity index (χ1) is 13.1. The van der Waals surface area contributed by atoms with E-state index in [0.717, 1.165) is 56.6 Å². The standard InChI is InChI=1S/C20H27N3O4/c1-26-16-5-2-4-15(12-16)17-6-3-11-23(17)18(24)13-22-14-20(27-19(22)25)7-9-21-10-8-20/h2,4-5,12,17,21H,3,6-11,13-14H2,1H3/t17-/m1/s1. The first kappa shape index (κ1) is 18.1. The van der Waals surface area contributed by atoms with Gasteiger partial charge in [0.1, 0.15) is 17.9 Å². The fraction of sp³-hybridized carbons (Fsp3) is 0.600. The second-order valence-electron chi connectivity index (χ2n) is 7.68. The van der Waals surface area contributed by atoms with Crippen molar-refractivity contribution in [2.45, 2.75) is 37.3 Å². The van der Waals surface area contributed by atoms with Gasteiger partial charge in [0.2, 0.25) is 5.91 Å². The second-order valence-corrected chi connectivity index (χ2v) is 7.68. The van der Waals surface area contributed by atoms with Gasteiger partial charge in [0.05, 0.1) is 19.7 Å². The van der Waals surface area contributed by atoms with Crippen molar-refractivity contribution in [2.75, 3.05) is 39.8 Å². The topological polar surface area (TPSA) is 71.1 Å². The van der Waals surface area contributed by atoms with Gasteiger partial charge in [-0.2, -0.15) is 0 Å². The summed E-state index contributed by atoms with van der Waals surface area (Å²) in [6.45, 7) is 3.02. The van der Waals surface area contributed by atoms with Crippen molar-refractivity contribution in [3.05, 3.63) is 29.8 Å². The van der Waals surface area contributed by atoms with Crippen molar-refractivity contribution in [2.24, 2.45) is 0 Å². The fourth-order valence-corrected chi connectivity index (χ4v) is 4.47. The molecule has 3 fully saturated rings. The van der Waals surface area contributed by atoms with Gasteiger partial charge in [-0.15, -0.1) is 0 Å². The zero-order chi connectivity index (χ0) is 18.9. The van der Waals surface area contributed by atoms with E-state index in [9.17, 15) is 9.59 Å². The molecule has 1 aromatic rings. The van der Waals surface area contributed by atoms with Crippen LogP contribution in [0.2, 0.25) is 0 Å². The number of piperidine rings is 1. The quantitative estimate of drug-likeness (QED) is 0.873. The minimum atomic E-state index is -0.417. The normalized spacial score (nSPS) is 24.3. The van der Waals surface area contributed by atoms with Crippen LogP contribution < -0.4 is 10.1 Å². The number of likely N-dealkylation sites (tertiary alicyclic amines) is 1. The largest absolute Gasteiger partial charge is 0.497 e. The number of methoxy groups -OCH3 is 1. The maximum absolute atomic E-state index is 13.0. The SMILES string of the molecule is COc1cccc([C@H]2CCCN2C(=O)CN2CC3(CCNCC3)OC2=O)c1. The molecule has 1 N–H and O–H groups in total. The van der Waals surface area contributed by atoms with E-state index in [0.29, 0.717) is 6.54 Å². The molecule has 0 radical (unpaired) electrons. The molecule has 27 heavy (non-hydrogen) atoms. The summed E-state index contributed by atoms with van der Waals surface area (Å²) in [7, 11) is 1.65. The van der Waals surface area contributed by atoms with Gasteiger partial charge in [-0.25, -0.2) is 4.79 Å². The number of carbonyl (C=O) groups is 2. The smallest absolute Gasteiger partial charge is 0.410 e. The van der Waals surface area contributed by atoms with Gasteiger partial charge >= 0.3 is 6.09 Å². The molecule has 7 heteroatoms. The van der Waals surface area contributed by atoms with Crippen LogP contribution in [-0.4, -0.2) is 67.2 Å². The summed E-state index contributed by atoms with van der Waals surface area (Å²) in [6.07, 6.45) is 3.15. The van der Waals surface area contributed by atoms with Gasteiger partial charge in [-0.1, -0.05) is 12.1 Å². The molecule has 1 spiro atoms. The third-order valence-electron chi connectivity index (χ3n) is 5.93. The van der Waals surface area contributed by atoms with Crippen molar-refractivity contribution in [3.8, 4) is 5.75 Å². The van der Waals surface area contributed by atoms with Gasteiger partial charge in [0.25, 0.3) is 0 Å². The lowest BCUT2D eigenvalue weighted by molar-refractivity contribution is -0.132. The lowest BCUT2D eigenvalue weighted by Crippen LogP contribution is -2.46. The van der Waals surface area contributed by atoms with Crippen LogP contribution in [0.1, 0.15) is 37.3 Å². The predicted octanol–water partition coefficient (Wildman–Crippen LogP) is 1.93. The van der Waals surface area contributed by atoms with Crippen LogP contribution in [0.15, 0.2) is 24.3 Å². The van der Waals surface area contributed by atoms with Crippen molar-refractivity contribution in [1.82, 2.24) is 15.1 Å². The zero-order valence-corrected chi connectivity index (χ0v) is 15.8. The van der Waals surface area contributed by atoms with Crippen LogP contribution in [-0.2, 0) is 9.53 Å². The summed E-state index contributed by atoms with van der Waals surface area (Å²) in [5, 5.41) is 3.29. The van der Waals surface area contributed by atoms with E-state index in [1.807, 2.05) is 29.2 Å². The number of nitrogens with zero attached hydrogens (tertiary/aromatic N) is 2. The van der Waals surface area contributed by atoms with Gasteiger partial charge < -0.3 is 19.7 Å². The average Bonchev–Trinajstić information content (AvgIpc) is 3.28. The molecule has 3 heterocycles. The summed E-state index contributed by atoms with van der Waals surface area (Å²) in [5.41, 5.74) is 0.666. The van der Waals surface area contributed by atoms with E-state index in [1.165, 1.54) is 0 Å². The Morgan fingerprint density at radius 3 is 2.96 bits per heavy atom. The molecule has 0 saturated carbocycles. The minimum absolute atomic E-state index is 0.0109. The Morgan fingerprint density at radius 2 is 2.19 bits per heavy atom. The molecule has 2 amide bonds. The van der Waals surface area contributed by atoms with E-state index in [2.05, 4.69) is 5.32 Å². The van der Waals surface area contributed by atoms with Gasteiger partial charge in [0, 0.05) is 19.4 Å². The first-order valence-corrected chi connectivity index (χ1v) is 9.72. The Labute approximate surface area is 159 Å². The van der Waals surface area contributed by atoms with Gasteiger partial charge in [-0.3, -0.25) is 9.69 Å². The summed E-state index contributed by atoms with van der Waals surface area (Å²) in [6, 6.07) is 7.92. The molecule has 4 rings (SSSR count). The van der Waals surface area contributed by atoms with Crippen molar-refractivity contribution in [1.29, 1.82) is 0 Å². The Balaban J connectivity index is 1.43. The van der Waals surface area contributed by atoms with E-state index < -0.39 is 5.60 Å². The summed E-state index contributed by atoms with van der Waals surface area (Å²) >= 11 is 0. The molecule has 3 aliphatic heterocycles. The maximum atomic E-state index is 13.0. The third kappa shape index (κ3) is 3.60. The van der Waals surface area contributed by atoms with Gasteiger partial charge in [-0.05, 0) is 43.6 Å². The summed E-state index contributed by atoms with van der Waals surface area (Å²) in [4.78, 5) is 28.8. The third-order valence-corrected chi connectivity index (χ3v) is 5.93. The van der Waals surface area contributed by atoms with E-state index in [-0.39, 0.29) is 24.6 Å². The number of benzene rings is 1. The molecule has 7 nitrogen and oxygen atoms in total. The van der Waals surface area contributed by atoms with E-state index in [4.69, 9.17) is 9.47 Å². The molecule has 3 saturated heterocycles. The molecule has 0 aromatic heterocycles. The van der Waals surface area contributed by atoms with Crippen LogP contribution in [0.3, 0.4) is 0 Å². The van der Waals surface area contributed by atoms with E-state index in [1.54, 1.807) is 12.0 Å². The van der Waals surface area contributed by atoms with E-state index >= 15 is 0 Å². The average molecular weight is 373 g/mol. The molecule has 0 unspecified atom stereocenters. The molecule has 0 bridgehead atoms. The minimum Gasteiger partial charge on any atom is -0.497 e. The fourth-order valence-electron chi connectivity index (χ4n) is 4.47. The summed E-state index contributed by atoms with van der Waals surface area (Å²) in [5.74, 6) is 0.783. The molecule has 1 aromatic carbocycles. The number of amides is 2. The highest BCUT2D eigenvalue weighted by Crippen LogP contribution is 2.35. The second kappa shape index (κ2) is 7.38. The number of hydrogen-bond acceptors (Lipinski definition) is 5. The van der Waals surface area contributed by atoms with Crippen LogP contribution in [0, 0.1) is 0 Å². The van der Waals surface area contributed by atoms with Crippen molar-refractivity contribution < 1.29 is 19.1 Å². The lowest BCUT2D eigenvalue weighted by Gasteiger charge is -2.31. The maximum Gasteiger partial charge on any atom is 0.410 e. The Kier molecular flexibility index (Phi) is 4.95. The van der Waals surface area contributed by atoms with Crippen LogP contribution >= 0.6 is 0 Å². The first-order valence-electron chi connectivity index (χ1n) is 9.72. The molecule has 3 aliphatic rings. The molecular formula is C20H27N3O4. The summed E-state index contributed by atoms with van der Waals surface area (Å²) < 4.78 is 11.0. The molecule has 1 atom stereocenters. The van der Waals surface area contributed by atoms with Crippen LogP contribution in [0.4, 0.5) is 4.79 Å². The predicted molar refractivity (Wildman–Crippen MR) is 99.6 cm³/mol. The van der Waals surface area contributed by atoms with Crippen molar-refractivity contribution in [3.63, 3.8) is 0 Å². The highest BCUT2D eigenvalue weighted by Gasteiger charge is 2.46. The zero-order valence-electron chi connectivity index (χ0n) is 15.8. The van der Waals surface area contributed by atoms with Crippen molar-refractivity contribution >= 4 is 12.0 Å². The van der Waals surface area contributed by atoms with Gasteiger partial charge in [0.15, 0.2) is 0 Å². The Hall–Kier alpha value is -2.28. The number of nitrogens with one attached hydrogen (secondary N) is 1. The number of rotatable bonds is 4. The monoisotopic (exact) mass is 373 g/mol. The Bertz CT molecular complexity index is 717.